The summed E-state index contributed by atoms with van der Waals surface area (Å²) in [6, 6.07) is 47.6. The molecule has 5 nitrogen and oxygen atoms in total. The Morgan fingerprint density at radius 1 is 0.370 bits per heavy atom. The molecule has 46 heavy (non-hydrogen) atoms. The molecule has 0 aliphatic heterocycles. The molecular weight excluding hydrogens is 562 g/mol. The molecule has 5 aromatic carbocycles. The summed E-state index contributed by atoms with van der Waals surface area (Å²) in [5.74, 6) is 1.92. The average Bonchev–Trinajstić information content (AvgIpc) is 3.12. The van der Waals surface area contributed by atoms with Crippen LogP contribution in [0.25, 0.3) is 78.4 Å². The third kappa shape index (κ3) is 5.18. The van der Waals surface area contributed by atoms with Gasteiger partial charge < -0.3 is 0 Å². The first-order chi connectivity index (χ1) is 22.6. The molecule has 8 aromatic rings. The minimum Gasteiger partial charge on any atom is -0.251 e. The topological polar surface area (TPSA) is 64.5 Å². The van der Waals surface area contributed by atoms with Crippen LogP contribution < -0.4 is 0 Å². The Morgan fingerprint density at radius 3 is 1.54 bits per heavy atom. The fraction of sp³-hybridized carbons (Fsp3) is 0.0488. The van der Waals surface area contributed by atoms with Crippen LogP contribution in [-0.4, -0.2) is 24.9 Å². The van der Waals surface area contributed by atoms with Crippen molar-refractivity contribution < 1.29 is 0 Å². The summed E-state index contributed by atoms with van der Waals surface area (Å²) in [5.41, 5.74) is 11.0. The van der Waals surface area contributed by atoms with Gasteiger partial charge in [0.05, 0.1) is 16.7 Å². The van der Waals surface area contributed by atoms with Gasteiger partial charge in [0.2, 0.25) is 0 Å². The van der Waals surface area contributed by atoms with Crippen molar-refractivity contribution in [3.05, 3.63) is 151 Å². The Morgan fingerprint density at radius 2 is 0.891 bits per heavy atom. The first-order valence-corrected chi connectivity index (χ1v) is 15.3. The summed E-state index contributed by atoms with van der Waals surface area (Å²) in [6.07, 6.45) is 0. The van der Waals surface area contributed by atoms with Crippen LogP contribution in [0.15, 0.2) is 140 Å². The van der Waals surface area contributed by atoms with Crippen LogP contribution in [0.1, 0.15) is 11.3 Å². The molecule has 0 saturated heterocycles. The zero-order chi connectivity index (χ0) is 31.0. The Hall–Kier alpha value is -6.07. The van der Waals surface area contributed by atoms with Crippen molar-refractivity contribution in [2.45, 2.75) is 13.8 Å². The number of fused-ring (bicyclic) bond motifs is 3. The molecule has 0 unspecified atom stereocenters. The lowest BCUT2D eigenvalue weighted by Gasteiger charge is -2.11. The number of nitrogens with zero attached hydrogens (tertiary/aromatic N) is 5. The molecule has 0 spiro atoms. The largest absolute Gasteiger partial charge is 0.251 e. The molecule has 5 heteroatoms. The van der Waals surface area contributed by atoms with Crippen LogP contribution >= 0.6 is 0 Å². The number of pyridine rings is 2. The van der Waals surface area contributed by atoms with Gasteiger partial charge >= 0.3 is 0 Å². The average molecular weight is 592 g/mol. The first kappa shape index (κ1) is 27.5. The molecule has 0 aliphatic rings. The minimum absolute atomic E-state index is 0.631. The lowest BCUT2D eigenvalue weighted by atomic mass is 9.99. The molecule has 3 aromatic heterocycles. The predicted molar refractivity (Wildman–Crippen MR) is 187 cm³/mol. The molecule has 218 valence electrons. The lowest BCUT2D eigenvalue weighted by Crippen LogP contribution is -2.00. The Labute approximate surface area is 267 Å². The van der Waals surface area contributed by atoms with Gasteiger partial charge in [-0.1, -0.05) is 115 Å². The molecule has 0 amide bonds. The van der Waals surface area contributed by atoms with Gasteiger partial charge in [-0.25, -0.2) is 19.9 Å². The smallest absolute Gasteiger partial charge is 0.164 e. The number of aromatic nitrogens is 5. The zero-order valence-corrected chi connectivity index (χ0v) is 25.5. The van der Waals surface area contributed by atoms with Crippen molar-refractivity contribution in [2.75, 3.05) is 0 Å². The summed E-state index contributed by atoms with van der Waals surface area (Å²) >= 11 is 0. The van der Waals surface area contributed by atoms with Crippen molar-refractivity contribution >= 4 is 21.8 Å². The molecular formula is C41H29N5. The molecule has 0 bridgehead atoms. The van der Waals surface area contributed by atoms with Gasteiger partial charge in [0, 0.05) is 38.7 Å². The Balaban J connectivity index is 1.21. The monoisotopic (exact) mass is 591 g/mol. The molecule has 0 N–H and O–H groups in total. The van der Waals surface area contributed by atoms with E-state index in [4.69, 9.17) is 24.9 Å². The molecule has 3 heterocycles. The fourth-order valence-electron chi connectivity index (χ4n) is 6.00. The summed E-state index contributed by atoms with van der Waals surface area (Å²) in [4.78, 5) is 24.7. The molecule has 0 saturated carbocycles. The van der Waals surface area contributed by atoms with Gasteiger partial charge in [-0.15, -0.1) is 0 Å². The van der Waals surface area contributed by atoms with Crippen molar-refractivity contribution in [3.63, 3.8) is 0 Å². The van der Waals surface area contributed by atoms with E-state index in [0.717, 1.165) is 66.6 Å². The summed E-state index contributed by atoms with van der Waals surface area (Å²) in [5, 5.41) is 2.22. The number of benzene rings is 5. The maximum absolute atomic E-state index is 5.14. The van der Waals surface area contributed by atoms with Gasteiger partial charge in [-0.2, -0.15) is 0 Å². The molecule has 0 atom stereocenters. The van der Waals surface area contributed by atoms with Gasteiger partial charge in [-0.3, -0.25) is 4.98 Å². The SMILES string of the molecule is Cc1cc(C)c2ccc3ccc(-c4cccc(-c5cccc(-c6nc(-c7ccccc7)nc(-c7ccccc7)n6)c5)c4)nc3c2n1. The summed E-state index contributed by atoms with van der Waals surface area (Å²) in [7, 11) is 0. The number of rotatable bonds is 5. The second-order valence-electron chi connectivity index (χ2n) is 11.5. The maximum Gasteiger partial charge on any atom is 0.164 e. The highest BCUT2D eigenvalue weighted by Crippen LogP contribution is 2.32. The van der Waals surface area contributed by atoms with Gasteiger partial charge in [0.25, 0.3) is 0 Å². The van der Waals surface area contributed by atoms with Crippen molar-refractivity contribution in [1.29, 1.82) is 0 Å². The third-order valence-electron chi connectivity index (χ3n) is 8.29. The fourth-order valence-corrected chi connectivity index (χ4v) is 6.00. The van der Waals surface area contributed by atoms with Gasteiger partial charge in [0.1, 0.15) is 0 Å². The normalized spacial score (nSPS) is 11.3. The molecule has 8 rings (SSSR count). The van der Waals surface area contributed by atoms with Crippen molar-refractivity contribution in [1.82, 2.24) is 24.9 Å². The van der Waals surface area contributed by atoms with E-state index in [1.165, 1.54) is 5.56 Å². The summed E-state index contributed by atoms with van der Waals surface area (Å²) in [6.45, 7) is 4.17. The summed E-state index contributed by atoms with van der Waals surface area (Å²) < 4.78 is 0. The van der Waals surface area contributed by atoms with E-state index in [0.29, 0.717) is 17.5 Å². The van der Waals surface area contributed by atoms with Crippen molar-refractivity contribution in [2.24, 2.45) is 0 Å². The first-order valence-electron chi connectivity index (χ1n) is 15.3. The van der Waals surface area contributed by atoms with E-state index >= 15 is 0 Å². The number of aryl methyl sites for hydroxylation is 2. The van der Waals surface area contributed by atoms with Crippen LogP contribution in [0.2, 0.25) is 0 Å². The van der Waals surface area contributed by atoms with Crippen LogP contribution in [0, 0.1) is 13.8 Å². The zero-order valence-electron chi connectivity index (χ0n) is 25.5. The Kier molecular flexibility index (Phi) is 6.84. The van der Waals surface area contributed by atoms with Gasteiger partial charge in [-0.05, 0) is 54.8 Å². The van der Waals surface area contributed by atoms with Crippen LogP contribution in [0.5, 0.6) is 0 Å². The van der Waals surface area contributed by atoms with E-state index in [-0.39, 0.29) is 0 Å². The second kappa shape index (κ2) is 11.5. The standard InChI is InChI=1S/C41H29N5/c1-26-23-27(2)42-38-35(26)21-19-28-20-22-36(43-37(28)38)33-17-9-15-31(24-33)32-16-10-18-34(25-32)41-45-39(29-11-5-3-6-12-29)44-40(46-41)30-13-7-4-8-14-30/h3-25H,1-2H3. The van der Waals surface area contributed by atoms with Crippen molar-refractivity contribution in [3.8, 4) is 56.5 Å². The van der Waals surface area contributed by atoms with Crippen LogP contribution in [0.4, 0.5) is 0 Å². The molecule has 0 fully saturated rings. The van der Waals surface area contributed by atoms with Gasteiger partial charge in [0.15, 0.2) is 17.5 Å². The van der Waals surface area contributed by atoms with E-state index < -0.39 is 0 Å². The lowest BCUT2D eigenvalue weighted by molar-refractivity contribution is 1.07. The van der Waals surface area contributed by atoms with Crippen LogP contribution in [-0.2, 0) is 0 Å². The van der Waals surface area contributed by atoms with E-state index in [1.54, 1.807) is 0 Å². The van der Waals surface area contributed by atoms with E-state index in [9.17, 15) is 0 Å². The van der Waals surface area contributed by atoms with E-state index in [2.05, 4.69) is 85.8 Å². The van der Waals surface area contributed by atoms with Crippen LogP contribution in [0.3, 0.4) is 0 Å². The predicted octanol–water partition coefficient (Wildman–Crippen LogP) is 9.92. The number of hydrogen-bond donors (Lipinski definition) is 0. The highest BCUT2D eigenvalue weighted by atomic mass is 15.0. The minimum atomic E-state index is 0.631. The van der Waals surface area contributed by atoms with E-state index in [1.807, 2.05) is 67.6 Å². The third-order valence-corrected chi connectivity index (χ3v) is 8.29. The number of hydrogen-bond acceptors (Lipinski definition) is 5. The second-order valence-corrected chi connectivity index (χ2v) is 11.5. The Bertz CT molecular complexity index is 2330. The highest BCUT2D eigenvalue weighted by Gasteiger charge is 2.14. The molecule has 0 aliphatic carbocycles. The highest BCUT2D eigenvalue weighted by molar-refractivity contribution is 6.04. The maximum atomic E-state index is 5.14. The molecule has 0 radical (unpaired) electrons. The quantitative estimate of drug-likeness (QED) is 0.186.